The molecule has 29 heavy (non-hydrogen) atoms. The Hall–Kier alpha value is -2.51. The summed E-state index contributed by atoms with van der Waals surface area (Å²) in [5.41, 5.74) is 1.92. The molecule has 0 spiro atoms. The number of imide groups is 1. The first-order valence-corrected chi connectivity index (χ1v) is 10.6. The number of hydrogen-bond acceptors (Lipinski definition) is 5. The first kappa shape index (κ1) is 21.2. The summed E-state index contributed by atoms with van der Waals surface area (Å²) in [6.45, 7) is 4.24. The average Bonchev–Trinajstić information content (AvgIpc) is 2.98. The number of carbonyl (C=O) groups excluding carboxylic acids is 3. The van der Waals surface area contributed by atoms with Gasteiger partial charge in [-0.3, -0.25) is 14.4 Å². The Bertz CT molecular complexity index is 933. The predicted octanol–water partition coefficient (Wildman–Crippen LogP) is 4.05. The summed E-state index contributed by atoms with van der Waals surface area (Å²) in [5, 5.41) is 2.78. The van der Waals surface area contributed by atoms with E-state index >= 15 is 0 Å². The summed E-state index contributed by atoms with van der Waals surface area (Å²) in [7, 11) is 0. The molecule has 3 rings (SSSR count). The highest BCUT2D eigenvalue weighted by Gasteiger charge is 2.40. The van der Waals surface area contributed by atoms with Crippen molar-refractivity contribution in [3.8, 4) is 5.75 Å². The van der Waals surface area contributed by atoms with Crippen molar-refractivity contribution in [3.05, 3.63) is 53.1 Å². The number of rotatable bonds is 7. The van der Waals surface area contributed by atoms with Crippen LogP contribution < -0.4 is 15.0 Å². The van der Waals surface area contributed by atoms with Crippen LogP contribution in [0.4, 0.5) is 11.4 Å². The third-order valence-corrected chi connectivity index (χ3v) is 6.08. The maximum atomic E-state index is 12.7. The molecule has 0 radical (unpaired) electrons. The molecule has 0 aromatic heterocycles. The Morgan fingerprint density at radius 1 is 1.24 bits per heavy atom. The molecule has 1 N–H and O–H groups in total. The number of halogens is 1. The Morgan fingerprint density at radius 3 is 2.66 bits per heavy atom. The van der Waals surface area contributed by atoms with Gasteiger partial charge in [0.2, 0.25) is 17.7 Å². The number of anilines is 2. The third-order valence-electron chi connectivity index (χ3n) is 4.47. The lowest BCUT2D eigenvalue weighted by Crippen LogP contribution is -2.31. The first-order chi connectivity index (χ1) is 13.9. The maximum Gasteiger partial charge on any atom is 0.247 e. The van der Waals surface area contributed by atoms with Crippen molar-refractivity contribution in [1.29, 1.82) is 0 Å². The van der Waals surface area contributed by atoms with E-state index in [-0.39, 0.29) is 29.9 Å². The topological polar surface area (TPSA) is 75.7 Å². The Morgan fingerprint density at radius 2 is 1.97 bits per heavy atom. The quantitative estimate of drug-likeness (QED) is 0.668. The van der Waals surface area contributed by atoms with Crippen molar-refractivity contribution in [2.24, 2.45) is 0 Å². The van der Waals surface area contributed by atoms with Crippen molar-refractivity contribution in [3.63, 3.8) is 0 Å². The third kappa shape index (κ3) is 4.92. The maximum absolute atomic E-state index is 12.7. The highest BCUT2D eigenvalue weighted by molar-refractivity contribution is 8.01. The van der Waals surface area contributed by atoms with E-state index in [9.17, 15) is 14.4 Å². The van der Waals surface area contributed by atoms with Gasteiger partial charge >= 0.3 is 0 Å². The minimum absolute atomic E-state index is 0.0623. The minimum atomic E-state index is -0.583. The summed E-state index contributed by atoms with van der Waals surface area (Å²) in [4.78, 5) is 38.5. The van der Waals surface area contributed by atoms with Gasteiger partial charge in [-0.2, -0.15) is 0 Å². The molecule has 1 unspecified atom stereocenters. The van der Waals surface area contributed by atoms with E-state index < -0.39 is 5.25 Å². The zero-order valence-corrected chi connectivity index (χ0v) is 17.7. The summed E-state index contributed by atoms with van der Waals surface area (Å²) >= 11 is 7.22. The highest BCUT2D eigenvalue weighted by Crippen LogP contribution is 2.31. The second kappa shape index (κ2) is 9.33. The molecule has 1 heterocycles. The molecule has 1 aliphatic heterocycles. The van der Waals surface area contributed by atoms with Gasteiger partial charge < -0.3 is 10.1 Å². The van der Waals surface area contributed by atoms with Gasteiger partial charge in [-0.05, 0) is 55.8 Å². The van der Waals surface area contributed by atoms with Crippen LogP contribution in [-0.2, 0) is 14.4 Å². The molecule has 1 aliphatic rings. The van der Waals surface area contributed by atoms with Crippen LogP contribution in [0.25, 0.3) is 0 Å². The van der Waals surface area contributed by atoms with Gasteiger partial charge in [-0.15, -0.1) is 11.8 Å². The zero-order chi connectivity index (χ0) is 21.0. The molecule has 1 atom stereocenters. The van der Waals surface area contributed by atoms with E-state index in [2.05, 4.69) is 5.32 Å². The number of hydrogen-bond donors (Lipinski definition) is 1. The zero-order valence-electron chi connectivity index (χ0n) is 16.1. The largest absolute Gasteiger partial charge is 0.494 e. The lowest BCUT2D eigenvalue weighted by Gasteiger charge is -2.15. The highest BCUT2D eigenvalue weighted by atomic mass is 35.5. The standard InChI is InChI=1S/C21H21ClN2O4S/c1-3-28-15-9-7-14(8-10-15)24-20(26)11-18(21(24)27)29-12-19(25)23-17-6-4-5-16(22)13(17)2/h4-10,18H,3,11-12H2,1-2H3,(H,23,25). The number of thioether (sulfide) groups is 1. The molecular weight excluding hydrogens is 412 g/mol. The lowest BCUT2D eigenvalue weighted by atomic mass is 10.2. The molecule has 3 amide bonds. The van der Waals surface area contributed by atoms with Crippen LogP contribution in [0.15, 0.2) is 42.5 Å². The van der Waals surface area contributed by atoms with Gasteiger partial charge in [-0.1, -0.05) is 17.7 Å². The average molecular weight is 433 g/mol. The number of nitrogens with zero attached hydrogens (tertiary/aromatic N) is 1. The molecule has 0 aliphatic carbocycles. The van der Waals surface area contributed by atoms with Crippen LogP contribution >= 0.6 is 23.4 Å². The van der Waals surface area contributed by atoms with Crippen molar-refractivity contribution in [2.75, 3.05) is 22.6 Å². The van der Waals surface area contributed by atoms with Gasteiger partial charge in [0.05, 0.1) is 23.3 Å². The molecule has 2 aromatic rings. The van der Waals surface area contributed by atoms with E-state index in [1.165, 1.54) is 4.90 Å². The van der Waals surface area contributed by atoms with E-state index in [1.807, 2.05) is 13.8 Å². The van der Waals surface area contributed by atoms with E-state index in [0.717, 1.165) is 17.3 Å². The molecule has 0 bridgehead atoms. The van der Waals surface area contributed by atoms with Crippen LogP contribution in [0, 0.1) is 6.92 Å². The molecule has 1 fully saturated rings. The van der Waals surface area contributed by atoms with Crippen LogP contribution in [0.2, 0.25) is 5.02 Å². The van der Waals surface area contributed by atoms with E-state index in [1.54, 1.807) is 42.5 Å². The SMILES string of the molecule is CCOc1ccc(N2C(=O)CC(SCC(=O)Nc3cccc(Cl)c3C)C2=O)cc1. The number of carbonyl (C=O) groups is 3. The second-order valence-electron chi connectivity index (χ2n) is 6.46. The minimum Gasteiger partial charge on any atom is -0.494 e. The molecule has 152 valence electrons. The normalized spacial score (nSPS) is 16.2. The fourth-order valence-electron chi connectivity index (χ4n) is 2.97. The summed E-state index contributed by atoms with van der Waals surface area (Å²) in [5.74, 6) is -0.0970. The number of benzene rings is 2. The molecule has 6 nitrogen and oxygen atoms in total. The molecule has 0 saturated carbocycles. The van der Waals surface area contributed by atoms with Crippen molar-refractivity contribution >= 4 is 52.5 Å². The summed E-state index contributed by atoms with van der Waals surface area (Å²) < 4.78 is 5.38. The van der Waals surface area contributed by atoms with Crippen LogP contribution in [-0.4, -0.2) is 35.3 Å². The molecular formula is C21H21ClN2O4S. The Kier molecular flexibility index (Phi) is 6.82. The molecule has 1 saturated heterocycles. The van der Waals surface area contributed by atoms with E-state index in [0.29, 0.717) is 28.8 Å². The lowest BCUT2D eigenvalue weighted by molar-refractivity contribution is -0.121. The van der Waals surface area contributed by atoms with Crippen molar-refractivity contribution in [2.45, 2.75) is 25.5 Å². The van der Waals surface area contributed by atoms with Gasteiger partial charge in [-0.25, -0.2) is 4.90 Å². The number of nitrogens with one attached hydrogen (secondary N) is 1. The predicted molar refractivity (Wildman–Crippen MR) is 116 cm³/mol. The molecule has 8 heteroatoms. The Labute approximate surface area is 178 Å². The summed E-state index contributed by atoms with van der Waals surface area (Å²) in [6, 6.07) is 12.1. The fourth-order valence-corrected chi connectivity index (χ4v) is 4.08. The van der Waals surface area contributed by atoms with Crippen molar-refractivity contribution in [1.82, 2.24) is 0 Å². The van der Waals surface area contributed by atoms with Gasteiger partial charge in [0, 0.05) is 17.1 Å². The van der Waals surface area contributed by atoms with Gasteiger partial charge in [0.1, 0.15) is 5.75 Å². The number of amides is 3. The van der Waals surface area contributed by atoms with Gasteiger partial charge in [0.25, 0.3) is 0 Å². The van der Waals surface area contributed by atoms with Gasteiger partial charge in [0.15, 0.2) is 0 Å². The van der Waals surface area contributed by atoms with Crippen LogP contribution in [0.1, 0.15) is 18.9 Å². The van der Waals surface area contributed by atoms with Crippen LogP contribution in [0.5, 0.6) is 5.75 Å². The smallest absolute Gasteiger partial charge is 0.247 e. The van der Waals surface area contributed by atoms with Crippen LogP contribution in [0.3, 0.4) is 0 Å². The Balaban J connectivity index is 1.59. The monoisotopic (exact) mass is 432 g/mol. The molecule has 2 aromatic carbocycles. The fraction of sp³-hybridized carbons (Fsp3) is 0.286. The van der Waals surface area contributed by atoms with E-state index in [4.69, 9.17) is 16.3 Å². The second-order valence-corrected chi connectivity index (χ2v) is 8.06. The summed E-state index contributed by atoms with van der Waals surface area (Å²) in [6.07, 6.45) is 0.0696. The number of ether oxygens (including phenoxy) is 1. The van der Waals surface area contributed by atoms with Crippen molar-refractivity contribution < 1.29 is 19.1 Å². The first-order valence-electron chi connectivity index (χ1n) is 9.17.